The first-order chi connectivity index (χ1) is 10.0. The molecule has 0 spiro atoms. The molecule has 0 amide bonds. The molecule has 7 heteroatoms. The topological polar surface area (TPSA) is 91.3 Å². The molecule has 1 aliphatic rings. The van der Waals surface area contributed by atoms with E-state index in [1.54, 1.807) is 12.2 Å². The summed E-state index contributed by atoms with van der Waals surface area (Å²) in [7, 11) is 0. The van der Waals surface area contributed by atoms with Crippen LogP contribution in [0.3, 0.4) is 0 Å². The van der Waals surface area contributed by atoms with Crippen LogP contribution in [-0.4, -0.2) is 55.4 Å². The van der Waals surface area contributed by atoms with Crippen LogP contribution in [0.2, 0.25) is 0 Å². The molecule has 0 aliphatic carbocycles. The van der Waals surface area contributed by atoms with Gasteiger partial charge in [-0.3, -0.25) is 9.59 Å². The minimum atomic E-state index is -0.549. The predicted molar refractivity (Wildman–Crippen MR) is 72.3 cm³/mol. The second-order valence-electron chi connectivity index (χ2n) is 4.68. The van der Waals surface area contributed by atoms with Crippen molar-refractivity contribution in [3.05, 3.63) is 12.2 Å². The highest BCUT2D eigenvalue weighted by Crippen LogP contribution is 2.23. The fourth-order valence-electron chi connectivity index (χ4n) is 1.99. The van der Waals surface area contributed by atoms with E-state index in [1.807, 2.05) is 0 Å². The van der Waals surface area contributed by atoms with E-state index < -0.39 is 12.3 Å². The van der Waals surface area contributed by atoms with Crippen molar-refractivity contribution >= 4 is 11.9 Å². The Morgan fingerprint density at radius 3 is 2.62 bits per heavy atom. The van der Waals surface area contributed by atoms with Crippen LogP contribution in [0.15, 0.2) is 12.2 Å². The Morgan fingerprint density at radius 2 is 2.00 bits per heavy atom. The molecule has 0 bridgehead atoms. The summed E-state index contributed by atoms with van der Waals surface area (Å²) in [6.45, 7) is 2.98. The van der Waals surface area contributed by atoms with Gasteiger partial charge in [0.2, 0.25) is 0 Å². The summed E-state index contributed by atoms with van der Waals surface area (Å²) < 4.78 is 21.2. The molecule has 21 heavy (non-hydrogen) atoms. The van der Waals surface area contributed by atoms with Gasteiger partial charge in [-0.25, -0.2) is 0 Å². The number of hydrogen-bond donors (Lipinski definition) is 1. The highest BCUT2D eigenvalue weighted by atomic mass is 16.7. The summed E-state index contributed by atoms with van der Waals surface area (Å²) in [5.74, 6) is -0.761. The van der Waals surface area contributed by atoms with Gasteiger partial charge in [0, 0.05) is 26.7 Å². The first-order valence-electron chi connectivity index (χ1n) is 6.84. The van der Waals surface area contributed by atoms with Crippen molar-refractivity contribution in [3.63, 3.8) is 0 Å². The molecule has 7 nitrogen and oxygen atoms in total. The van der Waals surface area contributed by atoms with Gasteiger partial charge in [-0.15, -0.1) is 0 Å². The predicted octanol–water partition coefficient (Wildman–Crippen LogP) is 0.551. The van der Waals surface area contributed by atoms with Crippen molar-refractivity contribution in [2.24, 2.45) is 0 Å². The molecule has 0 aromatic carbocycles. The van der Waals surface area contributed by atoms with Gasteiger partial charge in [-0.1, -0.05) is 12.2 Å². The van der Waals surface area contributed by atoms with E-state index in [0.29, 0.717) is 12.8 Å². The number of aliphatic hydroxyl groups is 1. The standard InChI is InChI=1S/C14H22O7/c1-10(16)19-9-13-7-12(20-11(2)17)8-14(21-13)18-6-4-3-5-15/h3-4,12-15H,5-9H2,1-2H3/b4-3-. The summed E-state index contributed by atoms with van der Waals surface area (Å²) in [5, 5.41) is 8.63. The Kier molecular flexibility index (Phi) is 7.96. The molecule has 0 aromatic rings. The Hall–Kier alpha value is -1.44. The lowest BCUT2D eigenvalue weighted by Crippen LogP contribution is -2.41. The highest BCUT2D eigenvalue weighted by molar-refractivity contribution is 5.66. The molecule has 1 fully saturated rings. The Morgan fingerprint density at radius 1 is 1.24 bits per heavy atom. The van der Waals surface area contributed by atoms with Crippen molar-refractivity contribution in [3.8, 4) is 0 Å². The highest BCUT2D eigenvalue weighted by Gasteiger charge is 2.32. The molecule has 1 aliphatic heterocycles. The molecule has 3 atom stereocenters. The van der Waals surface area contributed by atoms with Crippen LogP contribution in [0.5, 0.6) is 0 Å². The molecule has 0 aromatic heterocycles. The van der Waals surface area contributed by atoms with Crippen LogP contribution >= 0.6 is 0 Å². The van der Waals surface area contributed by atoms with E-state index in [9.17, 15) is 9.59 Å². The van der Waals surface area contributed by atoms with E-state index in [0.717, 1.165) is 0 Å². The van der Waals surface area contributed by atoms with E-state index in [-0.39, 0.29) is 38.0 Å². The van der Waals surface area contributed by atoms with Gasteiger partial charge in [0.1, 0.15) is 12.7 Å². The van der Waals surface area contributed by atoms with Gasteiger partial charge in [-0.2, -0.15) is 0 Å². The van der Waals surface area contributed by atoms with E-state index in [1.165, 1.54) is 13.8 Å². The number of carbonyl (C=O) groups is 2. The van der Waals surface area contributed by atoms with Gasteiger partial charge in [0.25, 0.3) is 0 Å². The lowest BCUT2D eigenvalue weighted by Gasteiger charge is -2.34. The zero-order valence-corrected chi connectivity index (χ0v) is 12.3. The maximum absolute atomic E-state index is 11.1. The van der Waals surface area contributed by atoms with Crippen LogP contribution in [0.4, 0.5) is 0 Å². The molecule has 1 N–H and O–H groups in total. The van der Waals surface area contributed by atoms with E-state index in [2.05, 4.69) is 0 Å². The van der Waals surface area contributed by atoms with Crippen LogP contribution < -0.4 is 0 Å². The summed E-state index contributed by atoms with van der Waals surface area (Å²) in [4.78, 5) is 21.9. The molecule has 1 rings (SSSR count). The zero-order valence-electron chi connectivity index (χ0n) is 12.3. The molecule has 3 unspecified atom stereocenters. The first kappa shape index (κ1) is 17.6. The van der Waals surface area contributed by atoms with Crippen molar-refractivity contribution in [1.82, 2.24) is 0 Å². The molecular weight excluding hydrogens is 280 g/mol. The van der Waals surface area contributed by atoms with E-state index >= 15 is 0 Å². The first-order valence-corrected chi connectivity index (χ1v) is 6.84. The van der Waals surface area contributed by atoms with Crippen molar-refractivity contribution in [2.45, 2.75) is 45.2 Å². The zero-order chi connectivity index (χ0) is 15.7. The average Bonchev–Trinajstić information content (AvgIpc) is 2.40. The number of hydrogen-bond acceptors (Lipinski definition) is 7. The summed E-state index contributed by atoms with van der Waals surface area (Å²) in [6.07, 6.45) is 2.85. The monoisotopic (exact) mass is 302 g/mol. The Bertz CT molecular complexity index is 366. The number of aliphatic hydroxyl groups excluding tert-OH is 1. The van der Waals surface area contributed by atoms with Gasteiger partial charge >= 0.3 is 11.9 Å². The Balaban J connectivity index is 2.50. The summed E-state index contributed by atoms with van der Waals surface area (Å²) in [6, 6.07) is 0. The SMILES string of the molecule is CC(=O)OCC1CC(OC(C)=O)CC(OC/C=C\CO)O1. The minimum absolute atomic E-state index is 0.0555. The lowest BCUT2D eigenvalue weighted by atomic mass is 10.1. The third-order valence-corrected chi connectivity index (χ3v) is 2.78. The van der Waals surface area contributed by atoms with Gasteiger partial charge in [0.15, 0.2) is 6.29 Å². The van der Waals surface area contributed by atoms with Crippen LogP contribution in [0.1, 0.15) is 26.7 Å². The molecule has 0 saturated carbocycles. The summed E-state index contributed by atoms with van der Waals surface area (Å²) in [5.41, 5.74) is 0. The van der Waals surface area contributed by atoms with Gasteiger partial charge in [0.05, 0.1) is 19.3 Å². The maximum Gasteiger partial charge on any atom is 0.302 e. The van der Waals surface area contributed by atoms with Gasteiger partial charge < -0.3 is 24.1 Å². The van der Waals surface area contributed by atoms with Crippen molar-refractivity contribution in [1.29, 1.82) is 0 Å². The minimum Gasteiger partial charge on any atom is -0.463 e. The average molecular weight is 302 g/mol. The molecule has 1 heterocycles. The van der Waals surface area contributed by atoms with Gasteiger partial charge in [-0.05, 0) is 0 Å². The third kappa shape index (κ3) is 7.79. The largest absolute Gasteiger partial charge is 0.463 e. The molecule has 120 valence electrons. The number of ether oxygens (including phenoxy) is 4. The smallest absolute Gasteiger partial charge is 0.302 e. The van der Waals surface area contributed by atoms with Crippen LogP contribution in [-0.2, 0) is 28.5 Å². The van der Waals surface area contributed by atoms with Crippen molar-refractivity contribution in [2.75, 3.05) is 19.8 Å². The second kappa shape index (κ2) is 9.49. The fraction of sp³-hybridized carbons (Fsp3) is 0.714. The van der Waals surface area contributed by atoms with Crippen LogP contribution in [0, 0.1) is 0 Å². The van der Waals surface area contributed by atoms with E-state index in [4.69, 9.17) is 24.1 Å². The normalized spacial score (nSPS) is 25.8. The molecule has 0 radical (unpaired) electrons. The summed E-state index contributed by atoms with van der Waals surface area (Å²) >= 11 is 0. The molecule has 1 saturated heterocycles. The van der Waals surface area contributed by atoms with Crippen molar-refractivity contribution < 1.29 is 33.6 Å². The Labute approximate surface area is 123 Å². The quantitative estimate of drug-likeness (QED) is 0.542. The fourth-order valence-corrected chi connectivity index (χ4v) is 1.99. The maximum atomic E-state index is 11.1. The number of carbonyl (C=O) groups excluding carboxylic acids is 2. The number of esters is 2. The number of rotatable bonds is 7. The second-order valence-corrected chi connectivity index (χ2v) is 4.68. The molecular formula is C14H22O7. The van der Waals surface area contributed by atoms with Crippen LogP contribution in [0.25, 0.3) is 0 Å². The third-order valence-electron chi connectivity index (χ3n) is 2.78. The lowest BCUT2D eigenvalue weighted by molar-refractivity contribution is -0.225.